The van der Waals surface area contributed by atoms with Gasteiger partial charge in [-0.3, -0.25) is 4.18 Å². The molecule has 72 valence electrons. The predicted molar refractivity (Wildman–Crippen MR) is 42.4 cm³/mol. The van der Waals surface area contributed by atoms with E-state index in [2.05, 4.69) is 17.1 Å². The van der Waals surface area contributed by atoms with Gasteiger partial charge in [0, 0.05) is 0 Å². The summed E-state index contributed by atoms with van der Waals surface area (Å²) in [6.45, 7) is 1.57. The molecule has 0 bridgehead atoms. The number of hydrogen-bond acceptors (Lipinski definition) is 6. The Morgan fingerprint density at radius 1 is 1.17 bits per heavy atom. The molecule has 5 nitrogen and oxygen atoms in total. The maximum Gasteiger partial charge on any atom is 0.199 e. The molecule has 1 rings (SSSR count). The van der Waals surface area contributed by atoms with Gasteiger partial charge in [0.25, 0.3) is 0 Å². The number of thiol groups is 1. The van der Waals surface area contributed by atoms with Crippen molar-refractivity contribution in [2.75, 3.05) is 0 Å². The van der Waals surface area contributed by atoms with Crippen molar-refractivity contribution in [3.63, 3.8) is 0 Å². The van der Waals surface area contributed by atoms with Crippen LogP contribution in [0.5, 0.6) is 0 Å². The van der Waals surface area contributed by atoms with Crippen LogP contribution in [0.15, 0.2) is 0 Å². The normalized spacial score (nSPS) is 49.2. The number of aliphatic hydroxyl groups is 3. The molecular formula is C6H12O5S. The van der Waals surface area contributed by atoms with E-state index in [9.17, 15) is 15.3 Å². The molecule has 0 saturated carbocycles. The summed E-state index contributed by atoms with van der Waals surface area (Å²) >= 11 is 3.46. The van der Waals surface area contributed by atoms with E-state index >= 15 is 0 Å². The van der Waals surface area contributed by atoms with Gasteiger partial charge in [-0.25, -0.2) is 0 Å². The molecule has 0 radical (unpaired) electrons. The van der Waals surface area contributed by atoms with Gasteiger partial charge in [0.2, 0.25) is 0 Å². The van der Waals surface area contributed by atoms with E-state index in [0.717, 1.165) is 0 Å². The summed E-state index contributed by atoms with van der Waals surface area (Å²) in [6.07, 6.45) is -5.21. The standard InChI is InChI=1S/C6H12O5S/c1-2-3(7)4(8)5(9)6(10-2)11-12/h2-9,12H,1H3/t2-,3-,4?,5-,6?/m0/s1. The molecule has 0 amide bonds. The molecule has 2 unspecified atom stereocenters. The fourth-order valence-electron chi connectivity index (χ4n) is 1.10. The molecule has 0 spiro atoms. The molecule has 0 aromatic carbocycles. The van der Waals surface area contributed by atoms with Gasteiger partial charge in [0.1, 0.15) is 18.3 Å². The molecule has 0 aromatic heterocycles. The highest BCUT2D eigenvalue weighted by Gasteiger charge is 2.42. The van der Waals surface area contributed by atoms with Crippen LogP contribution in [0.1, 0.15) is 6.92 Å². The van der Waals surface area contributed by atoms with Gasteiger partial charge in [-0.2, -0.15) is 0 Å². The van der Waals surface area contributed by atoms with Crippen LogP contribution < -0.4 is 0 Å². The van der Waals surface area contributed by atoms with E-state index in [1.165, 1.54) is 0 Å². The van der Waals surface area contributed by atoms with Crippen molar-refractivity contribution in [3.8, 4) is 0 Å². The van der Waals surface area contributed by atoms with Gasteiger partial charge < -0.3 is 20.1 Å². The Morgan fingerprint density at radius 2 is 1.75 bits per heavy atom. The van der Waals surface area contributed by atoms with Gasteiger partial charge in [-0.1, -0.05) is 0 Å². The fourth-order valence-corrected chi connectivity index (χ4v) is 1.27. The number of hydrogen-bond donors (Lipinski definition) is 4. The molecular weight excluding hydrogens is 184 g/mol. The van der Waals surface area contributed by atoms with Gasteiger partial charge in [-0.05, 0) is 19.8 Å². The van der Waals surface area contributed by atoms with Crippen molar-refractivity contribution in [2.45, 2.75) is 37.6 Å². The second kappa shape index (κ2) is 3.91. The Morgan fingerprint density at radius 3 is 2.25 bits per heavy atom. The summed E-state index contributed by atoms with van der Waals surface area (Å²) in [6, 6.07) is 0. The SMILES string of the molecule is C[C@@H]1OC(OS)[C@@H](O)C(O)[C@H]1O. The molecule has 0 aliphatic carbocycles. The van der Waals surface area contributed by atoms with Crippen molar-refractivity contribution < 1.29 is 24.2 Å². The van der Waals surface area contributed by atoms with Crippen LogP contribution >= 0.6 is 12.9 Å². The average Bonchev–Trinajstić information content (AvgIpc) is 2.08. The zero-order valence-corrected chi connectivity index (χ0v) is 7.39. The van der Waals surface area contributed by atoms with E-state index in [0.29, 0.717) is 0 Å². The molecule has 0 aromatic rings. The molecule has 5 atom stereocenters. The van der Waals surface area contributed by atoms with Crippen LogP contribution in [0.3, 0.4) is 0 Å². The first-order valence-electron chi connectivity index (χ1n) is 3.57. The molecule has 6 heteroatoms. The van der Waals surface area contributed by atoms with E-state index < -0.39 is 30.7 Å². The average molecular weight is 196 g/mol. The largest absolute Gasteiger partial charge is 0.388 e. The topological polar surface area (TPSA) is 79.2 Å². The summed E-state index contributed by atoms with van der Waals surface area (Å²) < 4.78 is 9.42. The van der Waals surface area contributed by atoms with E-state index in [4.69, 9.17) is 4.74 Å². The monoisotopic (exact) mass is 196 g/mol. The van der Waals surface area contributed by atoms with Crippen molar-refractivity contribution in [1.82, 2.24) is 0 Å². The minimum Gasteiger partial charge on any atom is -0.388 e. The second-order valence-corrected chi connectivity index (χ2v) is 3.00. The lowest BCUT2D eigenvalue weighted by molar-refractivity contribution is -0.264. The number of aliphatic hydroxyl groups excluding tert-OH is 3. The van der Waals surface area contributed by atoms with Gasteiger partial charge in [-0.15, -0.1) is 0 Å². The first kappa shape index (κ1) is 10.2. The quantitative estimate of drug-likeness (QED) is 0.309. The van der Waals surface area contributed by atoms with Crippen molar-refractivity contribution >= 4 is 12.9 Å². The zero-order valence-electron chi connectivity index (χ0n) is 6.49. The zero-order chi connectivity index (χ0) is 9.30. The Labute approximate surface area is 75.5 Å². The summed E-state index contributed by atoms with van der Waals surface area (Å²) in [5.41, 5.74) is 0. The van der Waals surface area contributed by atoms with Gasteiger partial charge in [0.15, 0.2) is 6.29 Å². The molecule has 3 N–H and O–H groups in total. The highest BCUT2D eigenvalue weighted by atomic mass is 32.1. The molecule has 1 fully saturated rings. The first-order valence-corrected chi connectivity index (χ1v) is 3.94. The first-order chi connectivity index (χ1) is 5.57. The minimum atomic E-state index is -1.27. The summed E-state index contributed by atoms with van der Waals surface area (Å²) in [7, 11) is 0. The Balaban J connectivity index is 2.63. The molecule has 1 aliphatic heterocycles. The van der Waals surface area contributed by atoms with E-state index in [-0.39, 0.29) is 0 Å². The predicted octanol–water partition coefficient (Wildman–Crippen LogP) is -1.32. The van der Waals surface area contributed by atoms with Crippen LogP contribution in [0.4, 0.5) is 0 Å². The van der Waals surface area contributed by atoms with Crippen LogP contribution in [0.25, 0.3) is 0 Å². The summed E-state index contributed by atoms with van der Waals surface area (Å²) in [4.78, 5) is 0. The lowest BCUT2D eigenvalue weighted by Gasteiger charge is -2.37. The third-order valence-electron chi connectivity index (χ3n) is 1.91. The van der Waals surface area contributed by atoms with Gasteiger partial charge in [0.05, 0.1) is 6.10 Å². The number of ether oxygens (including phenoxy) is 1. The van der Waals surface area contributed by atoms with E-state index in [1.807, 2.05) is 0 Å². The fraction of sp³-hybridized carbons (Fsp3) is 1.00. The van der Waals surface area contributed by atoms with E-state index in [1.54, 1.807) is 6.92 Å². The molecule has 1 saturated heterocycles. The highest BCUT2D eigenvalue weighted by molar-refractivity contribution is 7.75. The van der Waals surface area contributed by atoms with Crippen molar-refractivity contribution in [1.29, 1.82) is 0 Å². The Kier molecular flexibility index (Phi) is 3.33. The lowest BCUT2D eigenvalue weighted by Crippen LogP contribution is -2.56. The summed E-state index contributed by atoms with van der Waals surface area (Å²) in [5.74, 6) is 0. The van der Waals surface area contributed by atoms with Crippen molar-refractivity contribution in [3.05, 3.63) is 0 Å². The minimum absolute atomic E-state index is 0.583. The molecule has 1 aliphatic rings. The smallest absolute Gasteiger partial charge is 0.199 e. The van der Waals surface area contributed by atoms with Crippen LogP contribution in [0, 0.1) is 0 Å². The van der Waals surface area contributed by atoms with Crippen LogP contribution in [-0.4, -0.2) is 46.0 Å². The molecule has 12 heavy (non-hydrogen) atoms. The van der Waals surface area contributed by atoms with Crippen LogP contribution in [0.2, 0.25) is 0 Å². The third kappa shape index (κ3) is 1.73. The number of rotatable bonds is 1. The lowest BCUT2D eigenvalue weighted by atomic mass is 10.0. The van der Waals surface area contributed by atoms with Crippen LogP contribution in [-0.2, 0) is 8.92 Å². The maximum absolute atomic E-state index is 9.22. The maximum atomic E-state index is 9.22. The second-order valence-electron chi connectivity index (χ2n) is 2.79. The molecule has 1 heterocycles. The Bertz CT molecular complexity index is 150. The van der Waals surface area contributed by atoms with Crippen molar-refractivity contribution in [2.24, 2.45) is 0 Å². The van der Waals surface area contributed by atoms with Gasteiger partial charge >= 0.3 is 0 Å². The Hall–Kier alpha value is 0.150. The summed E-state index contributed by atoms with van der Waals surface area (Å²) in [5, 5.41) is 27.7. The highest BCUT2D eigenvalue weighted by Crippen LogP contribution is 2.21. The third-order valence-corrected chi connectivity index (χ3v) is 2.12.